The summed E-state index contributed by atoms with van der Waals surface area (Å²) >= 11 is 0. The highest BCUT2D eigenvalue weighted by molar-refractivity contribution is 5.87. The molecule has 0 saturated heterocycles. The Balaban J connectivity index is 2.53. The second-order valence-electron chi connectivity index (χ2n) is 4.86. The molecule has 0 saturated carbocycles. The Bertz CT molecular complexity index is 557. The van der Waals surface area contributed by atoms with Crippen molar-refractivity contribution in [1.82, 2.24) is 0 Å². The number of rotatable bonds is 11. The SMILES string of the molecule is CC(=O)OC(O)(COCCOCCO)OC(=O)/C=C/c1ccccc1. The van der Waals surface area contributed by atoms with Crippen molar-refractivity contribution in [3.8, 4) is 0 Å². The van der Waals surface area contributed by atoms with Gasteiger partial charge in [-0.05, 0) is 11.6 Å². The van der Waals surface area contributed by atoms with Crippen LogP contribution in [0, 0.1) is 0 Å². The molecule has 1 aromatic rings. The smallest absolute Gasteiger partial charge is 0.396 e. The van der Waals surface area contributed by atoms with Crippen LogP contribution in [-0.2, 0) is 28.5 Å². The van der Waals surface area contributed by atoms with E-state index in [1.54, 1.807) is 24.3 Å². The second kappa shape index (κ2) is 11.3. The molecule has 25 heavy (non-hydrogen) atoms. The van der Waals surface area contributed by atoms with Crippen LogP contribution in [0.3, 0.4) is 0 Å². The molecular weight excluding hydrogens is 332 g/mol. The molecule has 2 N–H and O–H groups in total. The first-order chi connectivity index (χ1) is 11.9. The first-order valence-electron chi connectivity index (χ1n) is 7.59. The molecule has 0 aliphatic carbocycles. The molecule has 0 radical (unpaired) electrons. The lowest BCUT2D eigenvalue weighted by Gasteiger charge is -2.25. The van der Waals surface area contributed by atoms with Crippen LogP contribution in [0.1, 0.15) is 12.5 Å². The highest BCUT2D eigenvalue weighted by atomic mass is 16.9. The molecule has 0 amide bonds. The summed E-state index contributed by atoms with van der Waals surface area (Å²) in [6.07, 6.45) is 2.58. The van der Waals surface area contributed by atoms with Gasteiger partial charge in [0.1, 0.15) is 0 Å². The topological polar surface area (TPSA) is 112 Å². The van der Waals surface area contributed by atoms with E-state index >= 15 is 0 Å². The lowest BCUT2D eigenvalue weighted by Crippen LogP contribution is -2.44. The molecular formula is C17H22O8. The number of aliphatic hydroxyl groups is 2. The summed E-state index contributed by atoms with van der Waals surface area (Å²) in [6.45, 7) is 0.697. The lowest BCUT2D eigenvalue weighted by molar-refractivity contribution is -0.339. The molecule has 1 rings (SSSR count). The maximum atomic E-state index is 11.8. The molecule has 0 spiro atoms. The average molecular weight is 354 g/mol. The van der Waals surface area contributed by atoms with Crippen LogP contribution in [0.5, 0.6) is 0 Å². The molecule has 8 heteroatoms. The van der Waals surface area contributed by atoms with Crippen LogP contribution in [-0.4, -0.2) is 61.2 Å². The van der Waals surface area contributed by atoms with Crippen molar-refractivity contribution >= 4 is 18.0 Å². The quantitative estimate of drug-likeness (QED) is 0.255. The van der Waals surface area contributed by atoms with Crippen molar-refractivity contribution in [2.75, 3.05) is 33.0 Å². The zero-order chi connectivity index (χ0) is 18.5. The van der Waals surface area contributed by atoms with Gasteiger partial charge in [0.2, 0.25) is 0 Å². The Morgan fingerprint density at radius 3 is 2.40 bits per heavy atom. The van der Waals surface area contributed by atoms with E-state index in [9.17, 15) is 14.7 Å². The van der Waals surface area contributed by atoms with Crippen LogP contribution >= 0.6 is 0 Å². The molecule has 1 aromatic carbocycles. The minimum Gasteiger partial charge on any atom is -0.396 e. The Morgan fingerprint density at radius 2 is 1.76 bits per heavy atom. The fraction of sp³-hybridized carbons (Fsp3) is 0.412. The molecule has 0 aromatic heterocycles. The molecule has 1 unspecified atom stereocenters. The van der Waals surface area contributed by atoms with Crippen LogP contribution in [0.25, 0.3) is 6.08 Å². The molecule has 1 atom stereocenters. The van der Waals surface area contributed by atoms with Gasteiger partial charge in [0, 0.05) is 13.0 Å². The van der Waals surface area contributed by atoms with E-state index in [4.69, 9.17) is 19.3 Å². The Morgan fingerprint density at radius 1 is 1.08 bits per heavy atom. The zero-order valence-electron chi connectivity index (χ0n) is 13.9. The van der Waals surface area contributed by atoms with E-state index in [0.29, 0.717) is 0 Å². The first-order valence-corrected chi connectivity index (χ1v) is 7.59. The van der Waals surface area contributed by atoms with Crippen LogP contribution in [0.2, 0.25) is 0 Å². The number of ether oxygens (including phenoxy) is 4. The Labute approximate surface area is 145 Å². The molecule has 0 heterocycles. The lowest BCUT2D eigenvalue weighted by atomic mass is 10.2. The fourth-order valence-corrected chi connectivity index (χ4v) is 1.71. The van der Waals surface area contributed by atoms with Crippen LogP contribution in [0.4, 0.5) is 0 Å². The van der Waals surface area contributed by atoms with Gasteiger partial charge in [0.05, 0.1) is 26.4 Å². The maximum absolute atomic E-state index is 11.8. The molecule has 0 aliphatic heterocycles. The van der Waals surface area contributed by atoms with Gasteiger partial charge in [0.25, 0.3) is 0 Å². The summed E-state index contributed by atoms with van der Waals surface area (Å²) in [4.78, 5) is 22.9. The fourth-order valence-electron chi connectivity index (χ4n) is 1.71. The van der Waals surface area contributed by atoms with Gasteiger partial charge in [-0.3, -0.25) is 4.79 Å². The van der Waals surface area contributed by atoms with E-state index in [1.165, 1.54) is 6.08 Å². The second-order valence-corrected chi connectivity index (χ2v) is 4.86. The highest BCUT2D eigenvalue weighted by Crippen LogP contribution is 2.12. The predicted molar refractivity (Wildman–Crippen MR) is 87.0 cm³/mol. The highest BCUT2D eigenvalue weighted by Gasteiger charge is 2.35. The van der Waals surface area contributed by atoms with E-state index < -0.39 is 24.5 Å². The predicted octanol–water partition coefficient (Wildman–Crippen LogP) is 0.478. The molecule has 0 bridgehead atoms. The summed E-state index contributed by atoms with van der Waals surface area (Å²) in [7, 11) is 0. The third-order valence-electron chi connectivity index (χ3n) is 2.67. The number of carbonyl (C=O) groups is 2. The van der Waals surface area contributed by atoms with Crippen molar-refractivity contribution in [2.45, 2.75) is 12.9 Å². The van der Waals surface area contributed by atoms with Crippen LogP contribution < -0.4 is 0 Å². The monoisotopic (exact) mass is 354 g/mol. The Kier molecular flexibility index (Phi) is 9.41. The van der Waals surface area contributed by atoms with Crippen molar-refractivity contribution < 1.29 is 38.7 Å². The Hall–Kier alpha value is -2.26. The number of hydrogen-bond donors (Lipinski definition) is 2. The molecule has 8 nitrogen and oxygen atoms in total. The summed E-state index contributed by atoms with van der Waals surface area (Å²) in [6, 6.07) is 8.98. The number of benzene rings is 1. The van der Waals surface area contributed by atoms with Gasteiger partial charge in [-0.1, -0.05) is 30.3 Å². The number of carbonyl (C=O) groups excluding carboxylic acids is 2. The average Bonchev–Trinajstić information content (AvgIpc) is 2.56. The zero-order valence-corrected chi connectivity index (χ0v) is 13.9. The van der Waals surface area contributed by atoms with Crippen LogP contribution in [0.15, 0.2) is 36.4 Å². The minimum atomic E-state index is -2.54. The van der Waals surface area contributed by atoms with Gasteiger partial charge in [-0.15, -0.1) is 0 Å². The van der Waals surface area contributed by atoms with Crippen molar-refractivity contribution in [2.24, 2.45) is 0 Å². The van der Waals surface area contributed by atoms with Gasteiger partial charge in [0.15, 0.2) is 6.61 Å². The van der Waals surface area contributed by atoms with Gasteiger partial charge >= 0.3 is 17.9 Å². The number of hydrogen-bond acceptors (Lipinski definition) is 8. The minimum absolute atomic E-state index is 0.0426. The van der Waals surface area contributed by atoms with Crippen molar-refractivity contribution in [1.29, 1.82) is 0 Å². The van der Waals surface area contributed by atoms with Crippen molar-refractivity contribution in [3.63, 3.8) is 0 Å². The third-order valence-corrected chi connectivity index (χ3v) is 2.67. The molecule has 0 fully saturated rings. The van der Waals surface area contributed by atoms with Gasteiger partial charge in [-0.25, -0.2) is 4.79 Å². The number of aliphatic hydroxyl groups excluding tert-OH is 1. The normalized spacial score (nSPS) is 13.4. The van der Waals surface area contributed by atoms with Gasteiger partial charge in [-0.2, -0.15) is 0 Å². The standard InChI is InChI=1S/C17H22O8/c1-14(19)24-17(21,13-23-12-11-22-10-9-18)25-16(20)8-7-15-5-3-2-4-6-15/h2-8,18,21H,9-13H2,1H3/b8-7+. The molecule has 0 aliphatic rings. The summed E-state index contributed by atoms with van der Waals surface area (Å²) in [5, 5.41) is 18.7. The molecule has 138 valence electrons. The third kappa shape index (κ3) is 9.58. The van der Waals surface area contributed by atoms with E-state index in [-0.39, 0.29) is 26.4 Å². The largest absolute Gasteiger partial charge is 0.398 e. The van der Waals surface area contributed by atoms with E-state index in [0.717, 1.165) is 18.6 Å². The maximum Gasteiger partial charge on any atom is 0.398 e. The summed E-state index contributed by atoms with van der Waals surface area (Å²) in [5.41, 5.74) is 0.757. The first kappa shape index (κ1) is 20.8. The van der Waals surface area contributed by atoms with E-state index in [1.807, 2.05) is 6.07 Å². The summed E-state index contributed by atoms with van der Waals surface area (Å²) in [5.74, 6) is -4.30. The van der Waals surface area contributed by atoms with E-state index in [2.05, 4.69) is 4.74 Å². The van der Waals surface area contributed by atoms with Gasteiger partial charge < -0.3 is 29.2 Å². The van der Waals surface area contributed by atoms with Crippen molar-refractivity contribution in [3.05, 3.63) is 42.0 Å². The summed E-state index contributed by atoms with van der Waals surface area (Å²) < 4.78 is 19.4. The number of esters is 2.